The normalized spacial score (nSPS) is 15.9. The van der Waals surface area contributed by atoms with Gasteiger partial charge in [-0.15, -0.1) is 0 Å². The van der Waals surface area contributed by atoms with Crippen LogP contribution in [0.15, 0.2) is 65.7 Å². The van der Waals surface area contributed by atoms with Crippen molar-refractivity contribution in [2.75, 3.05) is 6.61 Å². The Bertz CT molecular complexity index is 1030. The van der Waals surface area contributed by atoms with Crippen LogP contribution in [-0.2, 0) is 4.74 Å². The van der Waals surface area contributed by atoms with Crippen LogP contribution in [0.4, 0.5) is 8.78 Å². The molecule has 0 fully saturated rings. The predicted octanol–water partition coefficient (Wildman–Crippen LogP) is 6.58. The van der Waals surface area contributed by atoms with E-state index in [0.717, 1.165) is 5.56 Å². The summed E-state index contributed by atoms with van der Waals surface area (Å²) in [4.78, 5) is 4.33. The van der Waals surface area contributed by atoms with Crippen LogP contribution in [0.2, 0.25) is 10.0 Å². The molecule has 0 aromatic heterocycles. The van der Waals surface area contributed by atoms with Gasteiger partial charge in [-0.1, -0.05) is 41.4 Å². The molecule has 0 saturated carbocycles. The third-order valence-corrected chi connectivity index (χ3v) is 4.96. The number of rotatable bonds is 4. The van der Waals surface area contributed by atoms with Crippen LogP contribution in [0.25, 0.3) is 0 Å². The largest absolute Gasteiger partial charge is 0.475 e. The van der Waals surface area contributed by atoms with E-state index in [2.05, 4.69) is 4.99 Å². The highest BCUT2D eigenvalue weighted by Crippen LogP contribution is 2.31. The summed E-state index contributed by atoms with van der Waals surface area (Å²) in [6.45, 7) is 0.204. The van der Waals surface area contributed by atoms with Crippen LogP contribution in [0.1, 0.15) is 17.2 Å². The summed E-state index contributed by atoms with van der Waals surface area (Å²) in [6, 6.07) is 15.5. The number of ether oxygens (including phenoxy) is 2. The molecule has 1 aliphatic heterocycles. The lowest BCUT2D eigenvalue weighted by Crippen LogP contribution is -2.07. The first kappa shape index (κ1) is 18.7. The fraction of sp³-hybridized carbons (Fsp3) is 0.0952. The molecule has 0 aliphatic carbocycles. The Hall–Kier alpha value is -2.63. The van der Waals surface area contributed by atoms with Gasteiger partial charge in [-0.05, 0) is 42.0 Å². The topological polar surface area (TPSA) is 30.8 Å². The van der Waals surface area contributed by atoms with E-state index >= 15 is 0 Å². The molecule has 7 heteroatoms. The monoisotopic (exact) mass is 419 g/mol. The minimum Gasteiger partial charge on any atom is -0.475 e. The van der Waals surface area contributed by atoms with Crippen molar-refractivity contribution in [1.82, 2.24) is 0 Å². The molecular weight excluding hydrogens is 407 g/mol. The van der Waals surface area contributed by atoms with Gasteiger partial charge in [-0.3, -0.25) is 0 Å². The highest BCUT2D eigenvalue weighted by Gasteiger charge is 2.26. The molecule has 4 rings (SSSR count). The van der Waals surface area contributed by atoms with Crippen molar-refractivity contribution in [3.8, 4) is 11.5 Å². The van der Waals surface area contributed by atoms with Gasteiger partial charge >= 0.3 is 0 Å². The van der Waals surface area contributed by atoms with Crippen LogP contribution < -0.4 is 4.74 Å². The fourth-order valence-electron chi connectivity index (χ4n) is 2.82. The van der Waals surface area contributed by atoms with Crippen LogP contribution in [0.3, 0.4) is 0 Å². The zero-order valence-corrected chi connectivity index (χ0v) is 15.8. The van der Waals surface area contributed by atoms with Crippen LogP contribution in [0.5, 0.6) is 11.5 Å². The molecule has 3 aromatic rings. The predicted molar refractivity (Wildman–Crippen MR) is 105 cm³/mol. The number of hydrogen-bond acceptors (Lipinski definition) is 3. The summed E-state index contributed by atoms with van der Waals surface area (Å²) in [7, 11) is 0. The number of aliphatic imine (C=N–C) groups is 1. The van der Waals surface area contributed by atoms with Crippen LogP contribution in [-0.4, -0.2) is 12.5 Å². The molecule has 3 aromatic carbocycles. The lowest BCUT2D eigenvalue weighted by molar-refractivity contribution is 0.317. The molecule has 0 saturated heterocycles. The van der Waals surface area contributed by atoms with Crippen molar-refractivity contribution in [2.45, 2.75) is 6.04 Å². The Balaban J connectivity index is 1.51. The van der Waals surface area contributed by atoms with Gasteiger partial charge in [0.05, 0.1) is 10.0 Å². The first-order valence-electron chi connectivity index (χ1n) is 8.39. The van der Waals surface area contributed by atoms with Crippen LogP contribution in [0, 0.1) is 11.6 Å². The van der Waals surface area contributed by atoms with Crippen molar-refractivity contribution in [2.24, 2.45) is 4.99 Å². The maximum Gasteiger partial charge on any atom is 0.222 e. The molecule has 28 heavy (non-hydrogen) atoms. The maximum absolute atomic E-state index is 13.9. The van der Waals surface area contributed by atoms with E-state index in [9.17, 15) is 8.78 Å². The standard InChI is InChI=1S/C21H13Cl2F2NO2/c22-15-9-8-14(10-16(15)23)28-13-6-4-12(5-7-13)19-11-27-21(26-19)20-17(24)2-1-3-18(20)25/h1-10,19H,11H2. The number of hydrogen-bond donors (Lipinski definition) is 0. The summed E-state index contributed by atoms with van der Waals surface area (Å²) >= 11 is 11.9. The molecule has 0 N–H and O–H groups in total. The Labute approximate surface area is 170 Å². The Morgan fingerprint density at radius 1 is 0.893 bits per heavy atom. The van der Waals surface area contributed by atoms with Crippen molar-refractivity contribution in [3.63, 3.8) is 0 Å². The molecule has 0 radical (unpaired) electrons. The van der Waals surface area contributed by atoms with E-state index in [1.165, 1.54) is 18.2 Å². The van der Waals surface area contributed by atoms with Crippen LogP contribution >= 0.6 is 23.2 Å². The minimum absolute atomic E-state index is 0.0308. The smallest absolute Gasteiger partial charge is 0.222 e. The first-order valence-corrected chi connectivity index (χ1v) is 9.15. The summed E-state index contributed by atoms with van der Waals surface area (Å²) in [5.74, 6) is -0.279. The molecule has 1 aliphatic rings. The summed E-state index contributed by atoms with van der Waals surface area (Å²) in [6.07, 6.45) is 0. The molecule has 1 atom stereocenters. The van der Waals surface area contributed by atoms with Gasteiger partial charge in [0.15, 0.2) is 0 Å². The molecule has 0 spiro atoms. The van der Waals surface area contributed by atoms with Gasteiger partial charge in [0.1, 0.15) is 41.3 Å². The second-order valence-corrected chi connectivity index (χ2v) is 6.92. The molecular formula is C21H13Cl2F2NO2. The Morgan fingerprint density at radius 3 is 2.25 bits per heavy atom. The van der Waals surface area contributed by atoms with E-state index in [0.29, 0.717) is 21.5 Å². The van der Waals surface area contributed by atoms with Gasteiger partial charge in [-0.25, -0.2) is 13.8 Å². The average molecular weight is 420 g/mol. The SMILES string of the molecule is Fc1cccc(F)c1C1=NC(c2ccc(Oc3ccc(Cl)c(Cl)c3)cc2)CO1. The molecule has 3 nitrogen and oxygen atoms in total. The highest BCUT2D eigenvalue weighted by atomic mass is 35.5. The van der Waals surface area contributed by atoms with E-state index in [-0.39, 0.29) is 24.1 Å². The number of benzene rings is 3. The third kappa shape index (κ3) is 3.81. The van der Waals surface area contributed by atoms with Gasteiger partial charge < -0.3 is 9.47 Å². The zero-order chi connectivity index (χ0) is 19.7. The average Bonchev–Trinajstić information content (AvgIpc) is 3.15. The highest BCUT2D eigenvalue weighted by molar-refractivity contribution is 6.42. The number of halogens is 4. The minimum atomic E-state index is -0.704. The molecule has 1 unspecified atom stereocenters. The van der Waals surface area contributed by atoms with Crippen molar-refractivity contribution in [1.29, 1.82) is 0 Å². The lowest BCUT2D eigenvalue weighted by Gasteiger charge is -2.09. The van der Waals surface area contributed by atoms with E-state index in [1.54, 1.807) is 30.3 Å². The second kappa shape index (κ2) is 7.78. The fourth-order valence-corrected chi connectivity index (χ4v) is 3.11. The Morgan fingerprint density at radius 2 is 1.57 bits per heavy atom. The summed E-state index contributed by atoms with van der Waals surface area (Å²) in [5.41, 5.74) is 0.595. The second-order valence-electron chi connectivity index (χ2n) is 6.10. The Kier molecular flexibility index (Phi) is 5.20. The number of nitrogens with zero attached hydrogens (tertiary/aromatic N) is 1. The molecule has 142 valence electrons. The van der Waals surface area contributed by atoms with Gasteiger partial charge in [0, 0.05) is 6.07 Å². The molecule has 0 amide bonds. The third-order valence-electron chi connectivity index (χ3n) is 4.22. The van der Waals surface area contributed by atoms with Gasteiger partial charge in [-0.2, -0.15) is 0 Å². The molecule has 0 bridgehead atoms. The summed E-state index contributed by atoms with van der Waals surface area (Å²) in [5, 5.41) is 0.853. The van der Waals surface area contributed by atoms with E-state index in [4.69, 9.17) is 32.7 Å². The summed E-state index contributed by atoms with van der Waals surface area (Å²) < 4.78 is 39.0. The lowest BCUT2D eigenvalue weighted by atomic mass is 10.1. The van der Waals surface area contributed by atoms with Gasteiger partial charge in [0.25, 0.3) is 0 Å². The quantitative estimate of drug-likeness (QED) is 0.477. The molecule has 1 heterocycles. The van der Waals surface area contributed by atoms with Gasteiger partial charge in [0.2, 0.25) is 5.90 Å². The first-order chi connectivity index (χ1) is 13.5. The van der Waals surface area contributed by atoms with E-state index < -0.39 is 11.6 Å². The maximum atomic E-state index is 13.9. The van der Waals surface area contributed by atoms with Crippen molar-refractivity contribution in [3.05, 3.63) is 93.5 Å². The zero-order valence-electron chi connectivity index (χ0n) is 14.3. The van der Waals surface area contributed by atoms with E-state index in [1.807, 2.05) is 12.1 Å². The van der Waals surface area contributed by atoms with Crippen molar-refractivity contribution < 1.29 is 18.3 Å². The van der Waals surface area contributed by atoms with Crippen molar-refractivity contribution >= 4 is 29.1 Å².